The molecule has 1 saturated heterocycles. The quantitative estimate of drug-likeness (QED) is 0.603. The number of aromatic amines is 1. The van der Waals surface area contributed by atoms with E-state index in [1.54, 1.807) is 4.90 Å². The average Bonchev–Trinajstić information content (AvgIpc) is 3.52. The fourth-order valence-corrected chi connectivity index (χ4v) is 5.97. The van der Waals surface area contributed by atoms with E-state index in [0.717, 1.165) is 43.4 Å². The van der Waals surface area contributed by atoms with Gasteiger partial charge >= 0.3 is 6.03 Å². The lowest BCUT2D eigenvalue weighted by Crippen LogP contribution is -2.59. The van der Waals surface area contributed by atoms with E-state index in [2.05, 4.69) is 27.3 Å². The van der Waals surface area contributed by atoms with Gasteiger partial charge in [-0.05, 0) is 51.7 Å². The molecule has 0 radical (unpaired) electrons. The average molecular weight is 517 g/mol. The summed E-state index contributed by atoms with van der Waals surface area (Å²) in [6.07, 6.45) is 5.29. The number of piperazine rings is 1. The molecule has 1 saturated carbocycles. The third-order valence-electron chi connectivity index (χ3n) is 8.06. The van der Waals surface area contributed by atoms with Gasteiger partial charge in [0.2, 0.25) is 0 Å². The van der Waals surface area contributed by atoms with Gasteiger partial charge in [0.1, 0.15) is 11.6 Å². The Labute approximate surface area is 217 Å². The van der Waals surface area contributed by atoms with E-state index < -0.39 is 23.1 Å². The van der Waals surface area contributed by atoms with Crippen LogP contribution in [0.15, 0.2) is 18.2 Å². The molecule has 8 nitrogen and oxygen atoms in total. The number of carbonyl (C=O) groups excluding carboxylic acids is 2. The summed E-state index contributed by atoms with van der Waals surface area (Å²) in [7, 11) is 0. The van der Waals surface area contributed by atoms with Gasteiger partial charge in [0.25, 0.3) is 5.91 Å². The van der Waals surface area contributed by atoms with E-state index in [-0.39, 0.29) is 37.4 Å². The molecular formula is C27H38F2N6O2. The summed E-state index contributed by atoms with van der Waals surface area (Å²) in [5.41, 5.74) is 0.488. The third kappa shape index (κ3) is 5.08. The lowest BCUT2D eigenvalue weighted by atomic mass is 10.0. The molecule has 202 valence electrons. The molecule has 0 bridgehead atoms. The SMILES string of the molecule is C.C[C@H]1CN(CC2CCCC2)CCN1C(=O)N1Cc2c(NC(=O)c3ccc(F)cc3F)n[nH]c2C1(C)C. The van der Waals surface area contributed by atoms with Crippen LogP contribution in [0.2, 0.25) is 0 Å². The molecule has 37 heavy (non-hydrogen) atoms. The number of nitrogens with zero attached hydrogens (tertiary/aromatic N) is 4. The highest BCUT2D eigenvalue weighted by molar-refractivity contribution is 6.04. The monoisotopic (exact) mass is 516 g/mol. The first kappa shape index (κ1) is 27.0. The van der Waals surface area contributed by atoms with Crippen LogP contribution in [0, 0.1) is 17.6 Å². The van der Waals surface area contributed by atoms with Gasteiger partial charge in [0.15, 0.2) is 5.82 Å². The van der Waals surface area contributed by atoms with Gasteiger partial charge in [-0.3, -0.25) is 14.8 Å². The van der Waals surface area contributed by atoms with Crippen molar-refractivity contribution in [3.8, 4) is 0 Å². The van der Waals surface area contributed by atoms with E-state index >= 15 is 0 Å². The maximum absolute atomic E-state index is 14.1. The Balaban J connectivity index is 0.00000320. The number of urea groups is 1. The normalized spacial score (nSPS) is 21.6. The predicted octanol–water partition coefficient (Wildman–Crippen LogP) is 4.94. The zero-order chi connectivity index (χ0) is 25.6. The molecule has 5 rings (SSSR count). The lowest BCUT2D eigenvalue weighted by molar-refractivity contribution is 0.0544. The lowest BCUT2D eigenvalue weighted by Gasteiger charge is -2.44. The summed E-state index contributed by atoms with van der Waals surface area (Å²) >= 11 is 0. The fourth-order valence-electron chi connectivity index (χ4n) is 5.97. The Bertz CT molecular complexity index is 1160. The molecule has 2 aromatic rings. The zero-order valence-corrected chi connectivity index (χ0v) is 21.1. The number of rotatable bonds is 4. The molecule has 1 aromatic carbocycles. The van der Waals surface area contributed by atoms with Gasteiger partial charge < -0.3 is 15.1 Å². The predicted molar refractivity (Wildman–Crippen MR) is 138 cm³/mol. The number of H-pyrrole nitrogens is 1. The van der Waals surface area contributed by atoms with E-state index in [1.807, 2.05) is 18.7 Å². The van der Waals surface area contributed by atoms with Crippen LogP contribution in [-0.4, -0.2) is 69.1 Å². The molecule has 0 spiro atoms. The van der Waals surface area contributed by atoms with Crippen LogP contribution in [-0.2, 0) is 12.1 Å². The molecule has 1 aliphatic carbocycles. The molecule has 2 fully saturated rings. The number of fused-ring (bicyclic) bond motifs is 1. The van der Waals surface area contributed by atoms with Crippen LogP contribution >= 0.6 is 0 Å². The number of halogens is 2. The van der Waals surface area contributed by atoms with Gasteiger partial charge in [-0.1, -0.05) is 20.3 Å². The first-order valence-electron chi connectivity index (χ1n) is 12.8. The molecule has 10 heteroatoms. The molecule has 3 amide bonds. The summed E-state index contributed by atoms with van der Waals surface area (Å²) in [5, 5.41) is 9.80. The van der Waals surface area contributed by atoms with Gasteiger partial charge in [0.05, 0.1) is 23.3 Å². The van der Waals surface area contributed by atoms with E-state index in [0.29, 0.717) is 18.2 Å². The van der Waals surface area contributed by atoms with Crippen LogP contribution in [0.3, 0.4) is 0 Å². The topological polar surface area (TPSA) is 84.6 Å². The van der Waals surface area contributed by atoms with Gasteiger partial charge in [-0.15, -0.1) is 0 Å². The highest BCUT2D eigenvalue weighted by atomic mass is 19.1. The molecule has 3 aliphatic rings. The summed E-state index contributed by atoms with van der Waals surface area (Å²) < 4.78 is 27.3. The molecule has 2 aliphatic heterocycles. The van der Waals surface area contributed by atoms with Gasteiger partial charge in [0, 0.05) is 43.9 Å². The van der Waals surface area contributed by atoms with Crippen LogP contribution in [0.25, 0.3) is 0 Å². The standard InChI is InChI=1S/C26H34F2N6O2.CH4/c1-16-13-32(14-17-6-4-5-7-17)10-11-33(16)25(36)34-15-20-22(26(34,2)3)30-31-23(20)29-24(35)19-9-8-18(27)12-21(19)28;/h8-9,12,16-17H,4-7,10-11,13-15H2,1-3H3,(H2,29,30,31,35);1H4/t16-;/m0./s1. The Hall–Kier alpha value is -3.01. The number of carbonyl (C=O) groups is 2. The minimum Gasteiger partial charge on any atom is -0.319 e. The van der Waals surface area contributed by atoms with Crippen LogP contribution < -0.4 is 5.32 Å². The fraction of sp³-hybridized carbons (Fsp3) is 0.593. The number of hydrogen-bond acceptors (Lipinski definition) is 4. The molecule has 2 N–H and O–H groups in total. The first-order valence-corrected chi connectivity index (χ1v) is 12.8. The highest BCUT2D eigenvalue weighted by Gasteiger charge is 2.46. The van der Waals surface area contributed by atoms with Crippen molar-refractivity contribution < 1.29 is 18.4 Å². The second-order valence-corrected chi connectivity index (χ2v) is 10.9. The maximum atomic E-state index is 14.1. The summed E-state index contributed by atoms with van der Waals surface area (Å²) in [5.74, 6) is -1.40. The third-order valence-corrected chi connectivity index (χ3v) is 8.06. The van der Waals surface area contributed by atoms with Crippen molar-refractivity contribution in [1.82, 2.24) is 24.9 Å². The summed E-state index contributed by atoms with van der Waals surface area (Å²) in [6.45, 7) is 9.81. The number of anilines is 1. The Morgan fingerprint density at radius 2 is 1.92 bits per heavy atom. The van der Waals surface area contributed by atoms with Gasteiger partial charge in [-0.2, -0.15) is 5.10 Å². The summed E-state index contributed by atoms with van der Waals surface area (Å²) in [4.78, 5) is 32.6. The van der Waals surface area contributed by atoms with Crippen molar-refractivity contribution >= 4 is 17.8 Å². The van der Waals surface area contributed by atoms with Crippen molar-refractivity contribution in [2.24, 2.45) is 5.92 Å². The van der Waals surface area contributed by atoms with E-state index in [9.17, 15) is 18.4 Å². The minimum atomic E-state index is -0.946. The molecule has 1 atom stereocenters. The molecule has 3 heterocycles. The highest BCUT2D eigenvalue weighted by Crippen LogP contribution is 2.41. The van der Waals surface area contributed by atoms with Crippen LogP contribution in [0.5, 0.6) is 0 Å². The van der Waals surface area contributed by atoms with Crippen molar-refractivity contribution in [1.29, 1.82) is 0 Å². The largest absolute Gasteiger partial charge is 0.321 e. The van der Waals surface area contributed by atoms with Crippen molar-refractivity contribution in [3.63, 3.8) is 0 Å². The number of benzene rings is 1. The van der Waals surface area contributed by atoms with Crippen molar-refractivity contribution in [2.75, 3.05) is 31.5 Å². The molecule has 0 unspecified atom stereocenters. The Morgan fingerprint density at radius 3 is 2.59 bits per heavy atom. The van der Waals surface area contributed by atoms with Crippen molar-refractivity contribution in [3.05, 3.63) is 46.7 Å². The maximum Gasteiger partial charge on any atom is 0.321 e. The summed E-state index contributed by atoms with van der Waals surface area (Å²) in [6, 6.07) is 2.86. The zero-order valence-electron chi connectivity index (χ0n) is 21.1. The number of amides is 3. The number of aromatic nitrogens is 2. The van der Waals surface area contributed by atoms with Gasteiger partial charge in [-0.25, -0.2) is 13.6 Å². The van der Waals surface area contributed by atoms with E-state index in [1.165, 1.54) is 25.7 Å². The second-order valence-electron chi connectivity index (χ2n) is 10.9. The number of hydrogen-bond donors (Lipinski definition) is 2. The first-order chi connectivity index (χ1) is 17.1. The number of nitrogens with one attached hydrogen (secondary N) is 2. The smallest absolute Gasteiger partial charge is 0.319 e. The van der Waals surface area contributed by atoms with Crippen LogP contribution in [0.4, 0.5) is 19.4 Å². The second kappa shape index (κ2) is 10.4. The van der Waals surface area contributed by atoms with Crippen LogP contribution in [0.1, 0.15) is 75.5 Å². The molecule has 1 aromatic heterocycles. The van der Waals surface area contributed by atoms with E-state index in [4.69, 9.17) is 0 Å². The van der Waals surface area contributed by atoms with Crippen molar-refractivity contribution in [2.45, 2.75) is 72.0 Å². The Morgan fingerprint density at radius 1 is 1.19 bits per heavy atom. The molecular weight excluding hydrogens is 478 g/mol. The Kier molecular flexibility index (Phi) is 7.60. The minimum absolute atomic E-state index is 0.